The molecule has 1 unspecified atom stereocenters. The molecule has 1 spiro atoms. The third-order valence-electron chi connectivity index (χ3n) is 16.1. The molecule has 4 fully saturated rings. The van der Waals surface area contributed by atoms with Crippen molar-refractivity contribution in [1.29, 1.82) is 0 Å². The highest BCUT2D eigenvalue weighted by Crippen LogP contribution is 2.63. The summed E-state index contributed by atoms with van der Waals surface area (Å²) in [5, 5.41) is 2.31. The van der Waals surface area contributed by atoms with E-state index >= 15 is 0 Å². The molecule has 0 radical (unpaired) electrons. The molecule has 4 bridgehead atoms. The number of allylic oxidation sites excluding steroid dienone is 3. The van der Waals surface area contributed by atoms with Gasteiger partial charge in [-0.2, -0.15) is 0 Å². The van der Waals surface area contributed by atoms with Crippen LogP contribution < -0.4 is 4.74 Å². The summed E-state index contributed by atoms with van der Waals surface area (Å²) in [6.45, 7) is 0. The molecule has 0 saturated heterocycles. The van der Waals surface area contributed by atoms with Gasteiger partial charge in [0, 0.05) is 22.3 Å². The Balaban J connectivity index is 0.869. The summed E-state index contributed by atoms with van der Waals surface area (Å²) in [6, 6.07) is 57.9. The van der Waals surface area contributed by atoms with Crippen LogP contribution in [0.1, 0.15) is 73.6 Å². The van der Waals surface area contributed by atoms with Crippen LogP contribution >= 0.6 is 0 Å². The number of para-hydroxylation sites is 1. The van der Waals surface area contributed by atoms with Crippen molar-refractivity contribution < 1.29 is 4.74 Å². The Morgan fingerprint density at radius 3 is 1.86 bits per heavy atom. The molecule has 4 saturated carbocycles. The minimum atomic E-state index is -0.427. The lowest BCUT2D eigenvalue weighted by Gasteiger charge is -2.57. The molecule has 1 atom stereocenters. The van der Waals surface area contributed by atoms with Crippen LogP contribution in [0.25, 0.3) is 67.2 Å². The van der Waals surface area contributed by atoms with Gasteiger partial charge in [-0.15, -0.1) is 0 Å². The standard InChI is InChI=1S/C60H47N3O/c1-2-12-46-41(10-1)11-9-14-49(46)58-62-56(61-57(63-58)43-24-27-45(28-25-43)59-34-37-30-38(35-59)32-39(31-37)36-59)42-22-20-40(21-23-42)44-26-29-48-47-13-3-4-15-50(47)60(53(48)33-44)51-16-5-7-18-54(51)64-55-19-8-6-17-52(55)60/h1-5,7-16,18-29,33,37-39H,6,17,30-32,34-36H2/t37-,38+,39?,59?,60?. The Morgan fingerprint density at radius 1 is 0.484 bits per heavy atom. The minimum absolute atomic E-state index is 0.347. The van der Waals surface area contributed by atoms with E-state index in [-0.39, 0.29) is 0 Å². The van der Waals surface area contributed by atoms with Crippen LogP contribution in [0.2, 0.25) is 0 Å². The second-order valence-electron chi connectivity index (χ2n) is 19.6. The van der Waals surface area contributed by atoms with Gasteiger partial charge >= 0.3 is 0 Å². The number of benzene rings is 7. The summed E-state index contributed by atoms with van der Waals surface area (Å²) in [5.41, 5.74) is 14.6. The van der Waals surface area contributed by atoms with E-state index in [9.17, 15) is 0 Å². The molecule has 1 aromatic heterocycles. The highest BCUT2D eigenvalue weighted by atomic mass is 16.5. The van der Waals surface area contributed by atoms with Gasteiger partial charge in [0.15, 0.2) is 17.5 Å². The highest BCUT2D eigenvalue weighted by molar-refractivity contribution is 5.95. The lowest BCUT2D eigenvalue weighted by atomic mass is 9.48. The average molecular weight is 826 g/mol. The molecule has 0 N–H and O–H groups in total. The normalized spacial score (nSPS) is 24.3. The van der Waals surface area contributed by atoms with Gasteiger partial charge in [0.2, 0.25) is 0 Å². The topological polar surface area (TPSA) is 47.9 Å². The van der Waals surface area contributed by atoms with Crippen LogP contribution in [-0.4, -0.2) is 15.0 Å². The smallest absolute Gasteiger partial charge is 0.164 e. The molecule has 4 nitrogen and oxygen atoms in total. The third-order valence-corrected chi connectivity index (χ3v) is 16.1. The van der Waals surface area contributed by atoms with Crippen molar-refractivity contribution in [2.45, 2.75) is 62.2 Å². The van der Waals surface area contributed by atoms with Gasteiger partial charge in [-0.3, -0.25) is 0 Å². The van der Waals surface area contributed by atoms with E-state index in [1.807, 2.05) is 0 Å². The van der Waals surface area contributed by atoms with Gasteiger partial charge < -0.3 is 4.74 Å². The molecule has 0 amide bonds. The van der Waals surface area contributed by atoms with Crippen molar-refractivity contribution in [3.63, 3.8) is 0 Å². The van der Waals surface area contributed by atoms with Gasteiger partial charge in [-0.1, -0.05) is 152 Å². The van der Waals surface area contributed by atoms with Crippen molar-refractivity contribution in [2.75, 3.05) is 0 Å². The van der Waals surface area contributed by atoms with Gasteiger partial charge in [-0.05, 0) is 148 Å². The van der Waals surface area contributed by atoms with Gasteiger partial charge in [0.25, 0.3) is 0 Å². The van der Waals surface area contributed by atoms with Crippen LogP contribution in [0.15, 0.2) is 181 Å². The Hall–Kier alpha value is -6.91. The Labute approximate surface area is 374 Å². The summed E-state index contributed by atoms with van der Waals surface area (Å²) in [4.78, 5) is 15.7. The predicted octanol–water partition coefficient (Wildman–Crippen LogP) is 14.5. The Morgan fingerprint density at radius 2 is 1.08 bits per heavy atom. The average Bonchev–Trinajstić information content (AvgIpc) is 3.63. The van der Waals surface area contributed by atoms with E-state index in [1.54, 1.807) is 0 Å². The summed E-state index contributed by atoms with van der Waals surface area (Å²) < 4.78 is 6.64. The maximum Gasteiger partial charge on any atom is 0.164 e. The molecular formula is C60H47N3O. The lowest BCUT2D eigenvalue weighted by molar-refractivity contribution is -0.00518. The summed E-state index contributed by atoms with van der Waals surface area (Å²) in [6.07, 6.45) is 14.8. The maximum atomic E-state index is 6.64. The number of ether oxygens (including phenoxy) is 1. The molecule has 1 aliphatic heterocycles. The van der Waals surface area contributed by atoms with Crippen molar-refractivity contribution in [1.82, 2.24) is 15.0 Å². The second-order valence-corrected chi connectivity index (χ2v) is 19.6. The van der Waals surface area contributed by atoms with Crippen LogP contribution in [0.4, 0.5) is 0 Å². The first-order chi connectivity index (χ1) is 31.6. The van der Waals surface area contributed by atoms with E-state index in [0.717, 1.165) is 69.7 Å². The SMILES string of the molecule is C1=CC2=C(CC1)C1(c3ccccc3O2)c2ccccc2-c2ccc(-c3ccc(-c4nc(-c5ccc(C67CC8C[C@H](C6)C[C@@H](C8)C7)cc5)nc(-c5cccc6ccccc56)n4)cc3)cc21. The number of fused-ring (bicyclic) bond motifs is 9. The zero-order chi connectivity index (χ0) is 42.0. The molecule has 8 aromatic rings. The maximum absolute atomic E-state index is 6.64. The number of hydrogen-bond donors (Lipinski definition) is 0. The van der Waals surface area contributed by atoms with Crippen LogP contribution in [-0.2, 0) is 10.8 Å². The van der Waals surface area contributed by atoms with E-state index < -0.39 is 5.41 Å². The summed E-state index contributed by atoms with van der Waals surface area (Å²) >= 11 is 0. The fraction of sp³-hybridized carbons (Fsp3) is 0.217. The van der Waals surface area contributed by atoms with Gasteiger partial charge in [0.05, 0.1) is 5.41 Å². The van der Waals surface area contributed by atoms with Crippen LogP contribution in [0.3, 0.4) is 0 Å². The molecule has 15 rings (SSSR count). The number of nitrogens with zero attached hydrogens (tertiary/aromatic N) is 3. The fourth-order valence-corrected chi connectivity index (χ4v) is 13.8. The zero-order valence-electron chi connectivity index (χ0n) is 35.8. The Kier molecular flexibility index (Phi) is 7.88. The van der Waals surface area contributed by atoms with Crippen molar-refractivity contribution in [3.05, 3.63) is 203 Å². The number of hydrogen-bond acceptors (Lipinski definition) is 4. The summed E-state index contributed by atoms with van der Waals surface area (Å²) in [7, 11) is 0. The monoisotopic (exact) mass is 825 g/mol. The molecule has 308 valence electrons. The van der Waals surface area contributed by atoms with Crippen molar-refractivity contribution in [3.8, 4) is 62.2 Å². The molecule has 4 heteroatoms. The van der Waals surface area contributed by atoms with Crippen LogP contribution in [0, 0.1) is 17.8 Å². The van der Waals surface area contributed by atoms with Crippen molar-refractivity contribution in [2.24, 2.45) is 17.8 Å². The first kappa shape index (κ1) is 36.6. The molecular weight excluding hydrogens is 779 g/mol. The first-order valence-corrected chi connectivity index (χ1v) is 23.5. The predicted molar refractivity (Wildman–Crippen MR) is 257 cm³/mol. The number of rotatable bonds is 5. The van der Waals surface area contributed by atoms with Crippen LogP contribution in [0.5, 0.6) is 5.75 Å². The highest BCUT2D eigenvalue weighted by Gasteiger charge is 2.53. The molecule has 6 aliphatic carbocycles. The van der Waals surface area contributed by atoms with E-state index in [1.165, 1.54) is 88.4 Å². The molecule has 2 heterocycles. The van der Waals surface area contributed by atoms with Gasteiger partial charge in [-0.25, -0.2) is 15.0 Å². The lowest BCUT2D eigenvalue weighted by Crippen LogP contribution is -2.48. The largest absolute Gasteiger partial charge is 0.457 e. The second kappa shape index (κ2) is 13.8. The Bertz CT molecular complexity index is 3250. The molecule has 7 aromatic carbocycles. The van der Waals surface area contributed by atoms with Crippen molar-refractivity contribution >= 4 is 10.8 Å². The minimum Gasteiger partial charge on any atom is -0.457 e. The quantitative estimate of drug-likeness (QED) is 0.173. The van der Waals surface area contributed by atoms with Gasteiger partial charge in [0.1, 0.15) is 11.5 Å². The third kappa shape index (κ3) is 5.38. The molecule has 7 aliphatic rings. The van der Waals surface area contributed by atoms with E-state index in [4.69, 9.17) is 19.7 Å². The number of aromatic nitrogens is 3. The summed E-state index contributed by atoms with van der Waals surface area (Å²) in [5.74, 6) is 6.73. The van der Waals surface area contributed by atoms with E-state index in [2.05, 4.69) is 170 Å². The molecule has 64 heavy (non-hydrogen) atoms. The zero-order valence-corrected chi connectivity index (χ0v) is 35.8. The fourth-order valence-electron chi connectivity index (χ4n) is 13.8. The first-order valence-electron chi connectivity index (χ1n) is 23.5. The van der Waals surface area contributed by atoms with E-state index in [0.29, 0.717) is 22.9 Å².